The molecule has 2 aliphatic carbocycles. The lowest BCUT2D eigenvalue weighted by molar-refractivity contribution is -0.341. The highest BCUT2D eigenvalue weighted by Crippen LogP contribution is 2.34. The third kappa shape index (κ3) is 8.08. The predicted octanol–water partition coefficient (Wildman–Crippen LogP) is 7.65. The van der Waals surface area contributed by atoms with Crippen LogP contribution in [0.4, 0.5) is 0 Å². The van der Waals surface area contributed by atoms with Crippen molar-refractivity contribution in [3.8, 4) is 0 Å². The molecule has 4 fully saturated rings. The Morgan fingerprint density at radius 1 is 0.698 bits per heavy atom. The summed E-state index contributed by atoms with van der Waals surface area (Å²) in [7, 11) is 0. The van der Waals surface area contributed by atoms with E-state index in [-0.39, 0.29) is 24.3 Å². The molecule has 0 spiro atoms. The molecule has 0 aromatic heterocycles. The van der Waals surface area contributed by atoms with Crippen LogP contribution in [0.1, 0.15) is 98.7 Å². The van der Waals surface area contributed by atoms with E-state index >= 15 is 0 Å². The molecule has 2 aromatic carbocycles. The number of carbonyl (C=O) groups excluding carboxylic acids is 1. The maximum absolute atomic E-state index is 12.9. The molecule has 0 radical (unpaired) electrons. The molecule has 0 bridgehead atoms. The molecule has 6 rings (SSSR count). The molecule has 4 aliphatic rings. The fourth-order valence-electron chi connectivity index (χ4n) is 7.60. The Morgan fingerprint density at radius 3 is 1.84 bits per heavy atom. The van der Waals surface area contributed by atoms with E-state index in [0.29, 0.717) is 25.4 Å². The summed E-state index contributed by atoms with van der Waals surface area (Å²) in [6, 6.07) is 16.6. The van der Waals surface area contributed by atoms with Crippen LogP contribution in [0.2, 0.25) is 0 Å². The standard InChI is InChI=1S/C37H50O6/c1-3-26-8-10-28(11-9-26)21-30-16-18-32(19-17-30)37(38)42-33-23-39-36-34(24-40-35(33)36)43-41-22-31-14-12-29(13-15-31)20-27-6-4-25(2)5-7-27/h12-19,25-28,33-36H,3-11,20-24H2,1-2H3/t25?,26?,27?,28?,33?,34-,35+,36+/m0/s1. The van der Waals surface area contributed by atoms with Gasteiger partial charge < -0.3 is 14.2 Å². The number of benzene rings is 2. The van der Waals surface area contributed by atoms with Gasteiger partial charge in [0.05, 0.1) is 18.8 Å². The highest BCUT2D eigenvalue weighted by Gasteiger charge is 2.50. The Balaban J connectivity index is 0.909. The van der Waals surface area contributed by atoms with Crippen molar-refractivity contribution < 1.29 is 28.8 Å². The maximum atomic E-state index is 12.9. The molecular formula is C37H50O6. The lowest BCUT2D eigenvalue weighted by atomic mass is 9.78. The van der Waals surface area contributed by atoms with Crippen molar-refractivity contribution >= 4 is 5.97 Å². The molecule has 4 atom stereocenters. The first kappa shape index (κ1) is 30.8. The second kappa shape index (κ2) is 14.7. The maximum Gasteiger partial charge on any atom is 0.338 e. The molecule has 2 aromatic rings. The van der Waals surface area contributed by atoms with Gasteiger partial charge in [-0.15, -0.1) is 0 Å². The highest BCUT2D eigenvalue weighted by molar-refractivity contribution is 5.89. The molecule has 2 aliphatic heterocycles. The first-order valence-electron chi connectivity index (χ1n) is 16.9. The molecule has 43 heavy (non-hydrogen) atoms. The van der Waals surface area contributed by atoms with Gasteiger partial charge in [-0.1, -0.05) is 82.3 Å². The summed E-state index contributed by atoms with van der Waals surface area (Å²) in [6.07, 6.45) is 12.8. The van der Waals surface area contributed by atoms with E-state index in [1.54, 1.807) is 0 Å². The third-order valence-corrected chi connectivity index (χ3v) is 10.6. The fraction of sp³-hybridized carbons (Fsp3) is 0.649. The lowest BCUT2D eigenvalue weighted by Crippen LogP contribution is -2.35. The first-order valence-corrected chi connectivity index (χ1v) is 16.9. The summed E-state index contributed by atoms with van der Waals surface area (Å²) < 4.78 is 17.7. The molecule has 2 heterocycles. The van der Waals surface area contributed by atoms with Crippen molar-refractivity contribution in [3.63, 3.8) is 0 Å². The van der Waals surface area contributed by atoms with E-state index in [1.807, 2.05) is 12.1 Å². The SMILES string of the molecule is CCC1CCC(Cc2ccc(C(=O)OC3CO[C@@H]4[C@@H](OOCc5ccc(CC6CCC(C)CC6)cc5)CO[C@H]34)cc2)CC1. The van der Waals surface area contributed by atoms with Crippen LogP contribution >= 0.6 is 0 Å². The minimum absolute atomic E-state index is 0.292. The van der Waals surface area contributed by atoms with Crippen molar-refractivity contribution in [1.29, 1.82) is 0 Å². The van der Waals surface area contributed by atoms with Crippen molar-refractivity contribution in [2.45, 2.75) is 115 Å². The summed E-state index contributed by atoms with van der Waals surface area (Å²) in [5, 5.41) is 0. The highest BCUT2D eigenvalue weighted by atomic mass is 17.2. The summed E-state index contributed by atoms with van der Waals surface area (Å²) >= 11 is 0. The molecule has 6 heteroatoms. The Kier molecular flexibility index (Phi) is 10.5. The van der Waals surface area contributed by atoms with Crippen LogP contribution in [-0.4, -0.2) is 43.6 Å². The van der Waals surface area contributed by atoms with Gasteiger partial charge in [-0.3, -0.25) is 0 Å². The number of ether oxygens (including phenoxy) is 3. The second-order valence-corrected chi connectivity index (χ2v) is 13.8. The van der Waals surface area contributed by atoms with Gasteiger partial charge >= 0.3 is 5.97 Å². The van der Waals surface area contributed by atoms with Crippen LogP contribution in [0.25, 0.3) is 0 Å². The normalized spacial score (nSPS) is 32.4. The zero-order chi connectivity index (χ0) is 29.6. The summed E-state index contributed by atoms with van der Waals surface area (Å²) in [5.41, 5.74) is 4.34. The quantitative estimate of drug-likeness (QED) is 0.152. The van der Waals surface area contributed by atoms with Crippen molar-refractivity contribution in [2.75, 3.05) is 13.2 Å². The second-order valence-electron chi connectivity index (χ2n) is 13.8. The molecule has 2 saturated carbocycles. The zero-order valence-corrected chi connectivity index (χ0v) is 26.1. The number of esters is 1. The van der Waals surface area contributed by atoms with Gasteiger partial charge in [0.2, 0.25) is 0 Å². The Morgan fingerprint density at radius 2 is 1.21 bits per heavy atom. The van der Waals surface area contributed by atoms with Gasteiger partial charge in [0, 0.05) is 0 Å². The van der Waals surface area contributed by atoms with Crippen LogP contribution in [0, 0.1) is 23.7 Å². The lowest BCUT2D eigenvalue weighted by Gasteiger charge is -2.27. The molecule has 0 N–H and O–H groups in total. The Hall–Kier alpha value is -2.25. The van der Waals surface area contributed by atoms with Gasteiger partial charge in [0.1, 0.15) is 24.9 Å². The van der Waals surface area contributed by atoms with Crippen molar-refractivity contribution in [3.05, 3.63) is 70.8 Å². The first-order chi connectivity index (χ1) is 21.0. The van der Waals surface area contributed by atoms with Crippen molar-refractivity contribution in [2.24, 2.45) is 23.7 Å². The fourth-order valence-corrected chi connectivity index (χ4v) is 7.60. The van der Waals surface area contributed by atoms with Crippen LogP contribution in [0.15, 0.2) is 48.5 Å². The minimum atomic E-state index is -0.459. The van der Waals surface area contributed by atoms with Gasteiger partial charge in [-0.2, -0.15) is 0 Å². The molecular weight excluding hydrogens is 540 g/mol. The van der Waals surface area contributed by atoms with E-state index in [2.05, 4.69) is 50.2 Å². The Labute approximate surface area is 257 Å². The molecule has 0 amide bonds. The number of carbonyl (C=O) groups is 1. The minimum Gasteiger partial charge on any atom is -0.453 e. The van der Waals surface area contributed by atoms with Gasteiger partial charge in [0.15, 0.2) is 6.10 Å². The number of hydrogen-bond donors (Lipinski definition) is 0. The summed E-state index contributed by atoms with van der Waals surface area (Å²) in [4.78, 5) is 24.3. The largest absolute Gasteiger partial charge is 0.453 e. The average molecular weight is 591 g/mol. The van der Waals surface area contributed by atoms with Crippen LogP contribution in [0.5, 0.6) is 0 Å². The third-order valence-electron chi connectivity index (χ3n) is 10.6. The topological polar surface area (TPSA) is 63.2 Å². The van der Waals surface area contributed by atoms with Crippen molar-refractivity contribution in [1.82, 2.24) is 0 Å². The van der Waals surface area contributed by atoms with Gasteiger partial charge in [-0.05, 0) is 91.0 Å². The van der Waals surface area contributed by atoms with Gasteiger partial charge in [-0.25, -0.2) is 14.6 Å². The summed E-state index contributed by atoms with van der Waals surface area (Å²) in [6.45, 7) is 5.68. The number of rotatable bonds is 11. The van der Waals surface area contributed by atoms with E-state index in [1.165, 1.54) is 75.3 Å². The zero-order valence-electron chi connectivity index (χ0n) is 26.1. The van der Waals surface area contributed by atoms with E-state index < -0.39 is 6.10 Å². The molecule has 2 saturated heterocycles. The number of hydrogen-bond acceptors (Lipinski definition) is 6. The van der Waals surface area contributed by atoms with Crippen LogP contribution < -0.4 is 0 Å². The van der Waals surface area contributed by atoms with Crippen LogP contribution in [0.3, 0.4) is 0 Å². The van der Waals surface area contributed by atoms with E-state index in [9.17, 15) is 4.79 Å². The van der Waals surface area contributed by atoms with Crippen LogP contribution in [-0.2, 0) is 43.4 Å². The van der Waals surface area contributed by atoms with E-state index in [0.717, 1.165) is 35.7 Å². The molecule has 6 nitrogen and oxygen atoms in total. The Bertz CT molecular complexity index is 1150. The van der Waals surface area contributed by atoms with E-state index in [4.69, 9.17) is 24.0 Å². The summed E-state index contributed by atoms with van der Waals surface area (Å²) in [5.74, 6) is 3.03. The number of fused-ring (bicyclic) bond motifs is 1. The molecule has 1 unspecified atom stereocenters. The monoisotopic (exact) mass is 590 g/mol. The predicted molar refractivity (Wildman–Crippen MR) is 165 cm³/mol. The smallest absolute Gasteiger partial charge is 0.338 e. The van der Waals surface area contributed by atoms with Gasteiger partial charge in [0.25, 0.3) is 0 Å². The molecule has 234 valence electrons. The average Bonchev–Trinajstić information content (AvgIpc) is 3.63.